The van der Waals surface area contributed by atoms with Gasteiger partial charge in [-0.25, -0.2) is 0 Å². The van der Waals surface area contributed by atoms with E-state index in [-0.39, 0.29) is 0 Å². The van der Waals surface area contributed by atoms with Crippen LogP contribution >= 0.6 is 15.9 Å². The van der Waals surface area contributed by atoms with Gasteiger partial charge in [-0.2, -0.15) is 0 Å². The number of likely N-dealkylation sites (N-methyl/N-ethyl adjacent to an activating group) is 2. The topological polar surface area (TPSA) is 6.48 Å². The van der Waals surface area contributed by atoms with E-state index < -0.39 is 0 Å². The summed E-state index contributed by atoms with van der Waals surface area (Å²) >= 11 is 3.58. The lowest BCUT2D eigenvalue weighted by atomic mass is 10.2. The van der Waals surface area contributed by atoms with Gasteiger partial charge < -0.3 is 9.80 Å². The average molecular weight is 315 g/mol. The smallest absolute Gasteiger partial charge is 0.0353 e. The van der Waals surface area contributed by atoms with E-state index in [2.05, 4.69) is 91.8 Å². The Morgan fingerprint density at radius 3 is 2.33 bits per heavy atom. The fourth-order valence-electron chi connectivity index (χ4n) is 1.44. The van der Waals surface area contributed by atoms with Crippen molar-refractivity contribution >= 4 is 15.9 Å². The third kappa shape index (κ3) is 6.90. The standard InChI is InChI=1S/C15H27BrN2/c1-7-9-10-18(6)14(4)12-15(11-13(3)16)17(5)8-2/h7,9,11-13H,8,10H2,1-6H3/b9-7-,14-12+,15-11+. The molecule has 0 aromatic carbocycles. The lowest BCUT2D eigenvalue weighted by Gasteiger charge is -2.23. The molecule has 0 saturated carbocycles. The summed E-state index contributed by atoms with van der Waals surface area (Å²) in [6.45, 7) is 10.5. The highest BCUT2D eigenvalue weighted by Crippen LogP contribution is 2.13. The lowest BCUT2D eigenvalue weighted by Crippen LogP contribution is -2.20. The molecule has 0 aromatic heterocycles. The van der Waals surface area contributed by atoms with Crippen LogP contribution in [0.4, 0.5) is 0 Å². The predicted octanol–water partition coefficient (Wildman–Crippen LogP) is 4.02. The summed E-state index contributed by atoms with van der Waals surface area (Å²) in [5.41, 5.74) is 2.53. The summed E-state index contributed by atoms with van der Waals surface area (Å²) in [7, 11) is 4.24. The van der Waals surface area contributed by atoms with Crippen LogP contribution < -0.4 is 0 Å². The monoisotopic (exact) mass is 314 g/mol. The number of hydrogen-bond acceptors (Lipinski definition) is 2. The van der Waals surface area contributed by atoms with Gasteiger partial charge in [0, 0.05) is 43.4 Å². The fourth-order valence-corrected chi connectivity index (χ4v) is 1.71. The van der Waals surface area contributed by atoms with Gasteiger partial charge in [0.15, 0.2) is 0 Å². The third-order valence-corrected chi connectivity index (χ3v) is 3.15. The van der Waals surface area contributed by atoms with Crippen molar-refractivity contribution in [3.63, 3.8) is 0 Å². The van der Waals surface area contributed by atoms with Crippen LogP contribution in [0.3, 0.4) is 0 Å². The molecule has 0 fully saturated rings. The first-order valence-electron chi connectivity index (χ1n) is 6.50. The molecule has 0 rings (SSSR count). The zero-order valence-electron chi connectivity index (χ0n) is 12.6. The molecule has 0 saturated heterocycles. The van der Waals surface area contributed by atoms with E-state index in [1.807, 2.05) is 0 Å². The Hall–Kier alpha value is -0.700. The Balaban J connectivity index is 4.93. The van der Waals surface area contributed by atoms with E-state index in [1.165, 1.54) is 11.4 Å². The van der Waals surface area contributed by atoms with Crippen molar-refractivity contribution in [2.75, 3.05) is 27.2 Å². The second-order valence-corrected chi connectivity index (χ2v) is 5.96. The van der Waals surface area contributed by atoms with Gasteiger partial charge in [0.1, 0.15) is 0 Å². The summed E-state index contributed by atoms with van der Waals surface area (Å²) in [6.07, 6.45) is 8.72. The highest BCUT2D eigenvalue weighted by atomic mass is 79.9. The van der Waals surface area contributed by atoms with Gasteiger partial charge in [0.2, 0.25) is 0 Å². The summed E-state index contributed by atoms with van der Waals surface area (Å²) in [4.78, 5) is 4.88. The Kier molecular flexibility index (Phi) is 8.90. The summed E-state index contributed by atoms with van der Waals surface area (Å²) < 4.78 is 0. The number of rotatable bonds is 7. The molecule has 3 heteroatoms. The van der Waals surface area contributed by atoms with Crippen LogP contribution in [0.1, 0.15) is 27.7 Å². The van der Waals surface area contributed by atoms with E-state index in [4.69, 9.17) is 0 Å². The predicted molar refractivity (Wildman–Crippen MR) is 86.0 cm³/mol. The first-order chi connectivity index (χ1) is 8.42. The van der Waals surface area contributed by atoms with Crippen LogP contribution in [0.25, 0.3) is 0 Å². The van der Waals surface area contributed by atoms with Crippen molar-refractivity contribution in [1.29, 1.82) is 0 Å². The highest BCUT2D eigenvalue weighted by molar-refractivity contribution is 9.09. The second-order valence-electron chi connectivity index (χ2n) is 4.52. The summed E-state index contributed by atoms with van der Waals surface area (Å²) in [6, 6.07) is 0. The maximum Gasteiger partial charge on any atom is 0.0353 e. The molecule has 0 N–H and O–H groups in total. The number of halogens is 1. The molecule has 0 aliphatic carbocycles. The molecule has 0 aliphatic rings. The number of allylic oxidation sites excluding steroid dienone is 4. The summed E-state index contributed by atoms with van der Waals surface area (Å²) in [5, 5.41) is 0. The van der Waals surface area contributed by atoms with Crippen molar-refractivity contribution in [3.05, 3.63) is 35.7 Å². The zero-order valence-corrected chi connectivity index (χ0v) is 14.2. The van der Waals surface area contributed by atoms with E-state index in [1.54, 1.807) is 0 Å². The minimum absolute atomic E-state index is 0.381. The molecule has 0 heterocycles. The first-order valence-corrected chi connectivity index (χ1v) is 7.41. The molecule has 0 amide bonds. The molecule has 0 radical (unpaired) electrons. The average Bonchev–Trinajstić information content (AvgIpc) is 2.33. The molecule has 0 aromatic rings. The molecular weight excluding hydrogens is 288 g/mol. The van der Waals surface area contributed by atoms with Crippen LogP contribution in [0.15, 0.2) is 35.7 Å². The molecule has 104 valence electrons. The number of hydrogen-bond donors (Lipinski definition) is 0. The van der Waals surface area contributed by atoms with E-state index >= 15 is 0 Å². The van der Waals surface area contributed by atoms with Crippen molar-refractivity contribution in [2.45, 2.75) is 32.5 Å². The summed E-state index contributed by atoms with van der Waals surface area (Å²) in [5.74, 6) is 0. The van der Waals surface area contributed by atoms with Crippen LogP contribution in [0.2, 0.25) is 0 Å². The van der Waals surface area contributed by atoms with Crippen molar-refractivity contribution < 1.29 is 0 Å². The molecule has 0 bridgehead atoms. The van der Waals surface area contributed by atoms with Gasteiger partial charge in [-0.1, -0.05) is 28.1 Å². The molecule has 18 heavy (non-hydrogen) atoms. The first kappa shape index (κ1) is 17.3. The zero-order chi connectivity index (χ0) is 14.1. The normalized spacial score (nSPS) is 15.1. The Labute approximate surface area is 121 Å². The van der Waals surface area contributed by atoms with Crippen molar-refractivity contribution in [1.82, 2.24) is 9.80 Å². The molecule has 2 nitrogen and oxygen atoms in total. The third-order valence-electron chi connectivity index (χ3n) is 2.89. The molecule has 0 spiro atoms. The number of nitrogens with zero attached hydrogens (tertiary/aromatic N) is 2. The fraction of sp³-hybridized carbons (Fsp3) is 0.600. The lowest BCUT2D eigenvalue weighted by molar-refractivity contribution is 0.438. The second kappa shape index (κ2) is 9.26. The van der Waals surface area contributed by atoms with E-state index in [0.717, 1.165) is 13.1 Å². The maximum absolute atomic E-state index is 3.58. The SMILES string of the molecule is C/C=C\CN(C)/C(C)=C/C(=C\C(C)Br)N(C)CC. The minimum Gasteiger partial charge on any atom is -0.375 e. The van der Waals surface area contributed by atoms with Crippen molar-refractivity contribution in [2.24, 2.45) is 0 Å². The highest BCUT2D eigenvalue weighted by Gasteiger charge is 2.04. The largest absolute Gasteiger partial charge is 0.375 e. The number of alkyl halides is 1. The Morgan fingerprint density at radius 2 is 1.89 bits per heavy atom. The Morgan fingerprint density at radius 1 is 1.28 bits per heavy atom. The van der Waals surface area contributed by atoms with E-state index in [0.29, 0.717) is 4.83 Å². The van der Waals surface area contributed by atoms with Crippen molar-refractivity contribution in [3.8, 4) is 0 Å². The van der Waals surface area contributed by atoms with Crippen LogP contribution in [0, 0.1) is 0 Å². The van der Waals surface area contributed by atoms with Crippen LogP contribution in [0.5, 0.6) is 0 Å². The van der Waals surface area contributed by atoms with Gasteiger partial charge in [-0.15, -0.1) is 0 Å². The van der Waals surface area contributed by atoms with Gasteiger partial charge in [0.25, 0.3) is 0 Å². The van der Waals surface area contributed by atoms with E-state index in [9.17, 15) is 0 Å². The van der Waals surface area contributed by atoms with Gasteiger partial charge in [-0.3, -0.25) is 0 Å². The van der Waals surface area contributed by atoms with Gasteiger partial charge in [-0.05, 0) is 39.8 Å². The van der Waals surface area contributed by atoms with Gasteiger partial charge in [0.05, 0.1) is 0 Å². The van der Waals surface area contributed by atoms with Crippen LogP contribution in [-0.4, -0.2) is 41.8 Å². The quantitative estimate of drug-likeness (QED) is 0.398. The molecule has 1 atom stereocenters. The van der Waals surface area contributed by atoms with Gasteiger partial charge >= 0.3 is 0 Å². The maximum atomic E-state index is 3.58. The molecule has 1 unspecified atom stereocenters. The molecule has 0 aliphatic heterocycles. The Bertz CT molecular complexity index is 316. The minimum atomic E-state index is 0.381. The molecular formula is C15H27BrN2. The van der Waals surface area contributed by atoms with Crippen LogP contribution in [-0.2, 0) is 0 Å².